The monoisotopic (exact) mass is 399 g/mol. The molecule has 0 radical (unpaired) electrons. The molecule has 2 aromatic carbocycles. The molecule has 154 valence electrons. The summed E-state index contributed by atoms with van der Waals surface area (Å²) in [4.78, 5) is 14.4. The predicted molar refractivity (Wildman–Crippen MR) is 105 cm³/mol. The summed E-state index contributed by atoms with van der Waals surface area (Å²) < 4.78 is 28.6. The Kier molecular flexibility index (Phi) is 5.49. The fourth-order valence-corrected chi connectivity index (χ4v) is 3.69. The highest BCUT2D eigenvalue weighted by Crippen LogP contribution is 2.42. The maximum Gasteiger partial charge on any atom is 0.260 e. The lowest BCUT2D eigenvalue weighted by Gasteiger charge is -2.44. The highest BCUT2D eigenvalue weighted by molar-refractivity contribution is 5.78. The minimum Gasteiger partial charge on any atom is -0.493 e. The second-order valence-electron chi connectivity index (χ2n) is 7.07. The fraction of sp³-hybridized carbons (Fsp3) is 0.409. The van der Waals surface area contributed by atoms with E-state index in [1.807, 2.05) is 30.3 Å². The molecule has 29 heavy (non-hydrogen) atoms. The van der Waals surface area contributed by atoms with Crippen molar-refractivity contribution in [3.8, 4) is 23.0 Å². The first-order valence-corrected chi connectivity index (χ1v) is 9.66. The topological polar surface area (TPSA) is 66.5 Å². The zero-order valence-electron chi connectivity index (χ0n) is 16.7. The van der Waals surface area contributed by atoms with Gasteiger partial charge in [-0.15, -0.1) is 0 Å². The molecule has 1 spiro atoms. The van der Waals surface area contributed by atoms with Crippen LogP contribution in [0.5, 0.6) is 23.0 Å². The molecule has 1 fully saturated rings. The highest BCUT2D eigenvalue weighted by Gasteiger charge is 2.42. The number of carbonyl (C=O) groups excluding carboxylic acids is 1. The first-order chi connectivity index (χ1) is 14.1. The number of fused-ring (bicyclic) bond motifs is 1. The Morgan fingerprint density at radius 3 is 2.41 bits per heavy atom. The van der Waals surface area contributed by atoms with Gasteiger partial charge in [0.05, 0.1) is 20.8 Å². The number of nitrogens with zero attached hydrogens (tertiary/aromatic N) is 1. The Labute approximate surface area is 170 Å². The normalized spacial score (nSPS) is 17.2. The van der Waals surface area contributed by atoms with Gasteiger partial charge in [0.25, 0.3) is 5.91 Å². The molecule has 2 aliphatic heterocycles. The van der Waals surface area contributed by atoms with E-state index in [0.29, 0.717) is 49.8 Å². The van der Waals surface area contributed by atoms with Crippen molar-refractivity contribution >= 4 is 5.91 Å². The van der Waals surface area contributed by atoms with Gasteiger partial charge in [-0.3, -0.25) is 4.79 Å². The van der Waals surface area contributed by atoms with Crippen LogP contribution in [0.1, 0.15) is 18.4 Å². The first kappa shape index (κ1) is 19.4. The van der Waals surface area contributed by atoms with Crippen LogP contribution in [0.25, 0.3) is 0 Å². The van der Waals surface area contributed by atoms with Crippen LogP contribution >= 0.6 is 0 Å². The third-order valence-corrected chi connectivity index (χ3v) is 5.36. The number of benzene rings is 2. The van der Waals surface area contributed by atoms with Gasteiger partial charge in [0, 0.05) is 31.5 Å². The minimum atomic E-state index is -0.720. The molecule has 7 nitrogen and oxygen atoms in total. The zero-order chi connectivity index (χ0) is 20.3. The summed E-state index contributed by atoms with van der Waals surface area (Å²) in [5.74, 6) is 1.81. The van der Waals surface area contributed by atoms with Crippen molar-refractivity contribution in [3.05, 3.63) is 48.0 Å². The van der Waals surface area contributed by atoms with Crippen molar-refractivity contribution in [1.82, 2.24) is 4.90 Å². The van der Waals surface area contributed by atoms with Gasteiger partial charge >= 0.3 is 0 Å². The molecular formula is C22H25NO6. The van der Waals surface area contributed by atoms with E-state index in [9.17, 15) is 4.79 Å². The summed E-state index contributed by atoms with van der Waals surface area (Å²) in [6.45, 7) is 1.51. The molecule has 4 rings (SSSR count). The van der Waals surface area contributed by atoms with Gasteiger partial charge in [-0.25, -0.2) is 0 Å². The van der Waals surface area contributed by atoms with Crippen molar-refractivity contribution in [2.75, 3.05) is 33.9 Å². The maximum atomic E-state index is 12.6. The molecule has 0 unspecified atom stereocenters. The third-order valence-electron chi connectivity index (χ3n) is 5.36. The smallest absolute Gasteiger partial charge is 0.260 e. The van der Waals surface area contributed by atoms with Crippen molar-refractivity contribution < 1.29 is 28.5 Å². The van der Waals surface area contributed by atoms with Crippen LogP contribution in [-0.4, -0.2) is 50.5 Å². The lowest BCUT2D eigenvalue weighted by molar-refractivity contribution is -0.228. The van der Waals surface area contributed by atoms with Crippen LogP contribution < -0.4 is 18.9 Å². The quantitative estimate of drug-likeness (QED) is 0.770. The number of piperidine rings is 1. The molecule has 0 saturated carbocycles. The molecule has 2 aliphatic rings. The summed E-state index contributed by atoms with van der Waals surface area (Å²) in [6, 6.07) is 13.1. The second kappa shape index (κ2) is 8.21. The standard InChI is InChI=1S/C22H25NO6/c1-25-17-7-3-4-8-18(17)27-15-20(24)23-12-10-22(11-13-23)28-14-16-6-5-9-19(26-2)21(16)29-22/h3-9H,10-15H2,1-2H3. The number of hydrogen-bond donors (Lipinski definition) is 0. The lowest BCUT2D eigenvalue weighted by atomic mass is 10.0. The van der Waals surface area contributed by atoms with Gasteiger partial charge in [0.2, 0.25) is 5.79 Å². The van der Waals surface area contributed by atoms with Crippen LogP contribution in [0.4, 0.5) is 0 Å². The Morgan fingerprint density at radius 2 is 1.69 bits per heavy atom. The summed E-state index contributed by atoms with van der Waals surface area (Å²) in [6.07, 6.45) is 1.18. The SMILES string of the molecule is COc1ccccc1OCC(=O)N1CCC2(CC1)OCc1cccc(OC)c1O2. The Hall–Kier alpha value is -2.93. The fourth-order valence-electron chi connectivity index (χ4n) is 3.69. The molecule has 2 aromatic rings. The van der Waals surface area contributed by atoms with E-state index < -0.39 is 5.79 Å². The molecule has 7 heteroatoms. The number of likely N-dealkylation sites (tertiary alicyclic amines) is 1. The van der Waals surface area contributed by atoms with E-state index in [1.54, 1.807) is 31.3 Å². The Bertz CT molecular complexity index is 861. The van der Waals surface area contributed by atoms with Crippen LogP contribution in [0, 0.1) is 0 Å². The number of amides is 1. The van der Waals surface area contributed by atoms with Gasteiger partial charge in [-0.1, -0.05) is 24.3 Å². The number of methoxy groups -OCH3 is 2. The molecule has 2 heterocycles. The van der Waals surface area contributed by atoms with Gasteiger partial charge < -0.3 is 28.6 Å². The lowest BCUT2D eigenvalue weighted by Crippen LogP contribution is -2.53. The number of carbonyl (C=O) groups is 1. The van der Waals surface area contributed by atoms with Crippen molar-refractivity contribution in [3.63, 3.8) is 0 Å². The van der Waals surface area contributed by atoms with Crippen molar-refractivity contribution in [2.45, 2.75) is 25.2 Å². The third kappa shape index (κ3) is 3.96. The van der Waals surface area contributed by atoms with E-state index >= 15 is 0 Å². The molecule has 1 amide bonds. The maximum absolute atomic E-state index is 12.6. The van der Waals surface area contributed by atoms with Crippen LogP contribution in [0.3, 0.4) is 0 Å². The Morgan fingerprint density at radius 1 is 1.00 bits per heavy atom. The number of ether oxygens (including phenoxy) is 5. The summed E-state index contributed by atoms with van der Waals surface area (Å²) in [5, 5.41) is 0. The molecule has 0 atom stereocenters. The van der Waals surface area contributed by atoms with E-state index in [-0.39, 0.29) is 12.5 Å². The van der Waals surface area contributed by atoms with E-state index in [1.165, 1.54) is 0 Å². The summed E-state index contributed by atoms with van der Waals surface area (Å²) in [7, 11) is 3.20. The van der Waals surface area contributed by atoms with Gasteiger partial charge in [-0.2, -0.15) is 0 Å². The average molecular weight is 399 g/mol. The van der Waals surface area contributed by atoms with Gasteiger partial charge in [0.1, 0.15) is 0 Å². The minimum absolute atomic E-state index is 0.0360. The van der Waals surface area contributed by atoms with Crippen LogP contribution in [0.2, 0.25) is 0 Å². The van der Waals surface area contributed by atoms with Crippen LogP contribution in [0.15, 0.2) is 42.5 Å². The van der Waals surface area contributed by atoms with E-state index in [4.69, 9.17) is 23.7 Å². The van der Waals surface area contributed by atoms with Crippen LogP contribution in [-0.2, 0) is 16.1 Å². The summed E-state index contributed by atoms with van der Waals surface area (Å²) in [5.41, 5.74) is 0.971. The number of hydrogen-bond acceptors (Lipinski definition) is 6. The number of rotatable bonds is 5. The molecule has 0 N–H and O–H groups in total. The Balaban J connectivity index is 1.35. The molecule has 1 saturated heterocycles. The zero-order valence-corrected chi connectivity index (χ0v) is 16.7. The average Bonchev–Trinajstić information content (AvgIpc) is 2.77. The van der Waals surface area contributed by atoms with Crippen molar-refractivity contribution in [2.24, 2.45) is 0 Å². The van der Waals surface area contributed by atoms with Gasteiger partial charge in [-0.05, 0) is 18.2 Å². The number of para-hydroxylation sites is 3. The second-order valence-corrected chi connectivity index (χ2v) is 7.07. The molecule has 0 aliphatic carbocycles. The summed E-state index contributed by atoms with van der Waals surface area (Å²) >= 11 is 0. The highest BCUT2D eigenvalue weighted by atomic mass is 16.7. The molecular weight excluding hydrogens is 374 g/mol. The van der Waals surface area contributed by atoms with E-state index in [0.717, 1.165) is 11.3 Å². The predicted octanol–water partition coefficient (Wildman–Crippen LogP) is 3.01. The van der Waals surface area contributed by atoms with E-state index in [2.05, 4.69) is 0 Å². The first-order valence-electron chi connectivity index (χ1n) is 9.66. The van der Waals surface area contributed by atoms with Crippen molar-refractivity contribution in [1.29, 1.82) is 0 Å². The van der Waals surface area contributed by atoms with Gasteiger partial charge in [0.15, 0.2) is 29.6 Å². The molecule has 0 aromatic heterocycles. The largest absolute Gasteiger partial charge is 0.493 e. The molecule has 0 bridgehead atoms.